The van der Waals surface area contributed by atoms with Crippen LogP contribution in [0.5, 0.6) is 0 Å². The van der Waals surface area contributed by atoms with Gasteiger partial charge in [0.2, 0.25) is 0 Å². The summed E-state index contributed by atoms with van der Waals surface area (Å²) in [6.07, 6.45) is -4.08. The summed E-state index contributed by atoms with van der Waals surface area (Å²) in [6, 6.07) is 6.38. The van der Waals surface area contributed by atoms with E-state index in [0.717, 1.165) is 0 Å². The van der Waals surface area contributed by atoms with Crippen molar-refractivity contribution in [2.45, 2.75) is 24.6 Å². The summed E-state index contributed by atoms with van der Waals surface area (Å²) >= 11 is 3.15. The first-order valence-corrected chi connectivity index (χ1v) is 5.72. The molecule has 1 aromatic rings. The first-order valence-electron chi connectivity index (χ1n) is 4.92. The summed E-state index contributed by atoms with van der Waals surface area (Å²) in [5, 5.41) is 11.2. The maximum atomic E-state index is 12.7. The number of hydrogen-bond donors (Lipinski definition) is 1. The highest BCUT2D eigenvalue weighted by molar-refractivity contribution is 9.10. The van der Waals surface area contributed by atoms with Gasteiger partial charge in [-0.3, -0.25) is 0 Å². The van der Waals surface area contributed by atoms with Crippen LogP contribution in [0, 0.1) is 11.3 Å². The number of nitrogens with zero attached hydrogens (tertiary/aromatic N) is 1. The minimum absolute atomic E-state index is 0.0863. The van der Waals surface area contributed by atoms with Crippen LogP contribution in [0.25, 0.3) is 0 Å². The summed E-state index contributed by atoms with van der Waals surface area (Å²) in [6.45, 7) is 0. The lowest BCUT2D eigenvalue weighted by atomic mass is 10.2. The molecule has 6 heteroatoms. The van der Waals surface area contributed by atoms with Gasteiger partial charge in [0.1, 0.15) is 5.54 Å². The van der Waals surface area contributed by atoms with Gasteiger partial charge in [-0.05, 0) is 47.0 Å². The lowest BCUT2D eigenvalue weighted by Crippen LogP contribution is -2.38. The summed E-state index contributed by atoms with van der Waals surface area (Å²) in [4.78, 5) is 0. The number of benzene rings is 1. The Morgan fingerprint density at radius 2 is 2.00 bits per heavy atom. The van der Waals surface area contributed by atoms with E-state index in [0.29, 0.717) is 15.7 Å². The van der Waals surface area contributed by atoms with Crippen molar-refractivity contribution < 1.29 is 13.2 Å². The minimum Gasteiger partial charge on any atom is -0.371 e. The maximum Gasteiger partial charge on any atom is 0.411 e. The van der Waals surface area contributed by atoms with Crippen molar-refractivity contribution in [3.8, 4) is 6.07 Å². The number of alkyl halides is 3. The third-order valence-electron chi connectivity index (χ3n) is 2.76. The highest BCUT2D eigenvalue weighted by atomic mass is 79.9. The van der Waals surface area contributed by atoms with Crippen molar-refractivity contribution in [3.05, 3.63) is 28.2 Å². The molecule has 0 saturated heterocycles. The van der Waals surface area contributed by atoms with Crippen LogP contribution < -0.4 is 5.32 Å². The molecule has 2 rings (SSSR count). The number of nitriles is 1. The molecule has 1 saturated carbocycles. The van der Waals surface area contributed by atoms with Crippen LogP contribution >= 0.6 is 15.9 Å². The molecule has 0 radical (unpaired) electrons. The average molecular weight is 305 g/mol. The van der Waals surface area contributed by atoms with E-state index in [2.05, 4.69) is 21.2 Å². The molecule has 0 unspecified atom stereocenters. The van der Waals surface area contributed by atoms with E-state index >= 15 is 0 Å². The zero-order chi connectivity index (χ0) is 12.7. The summed E-state index contributed by atoms with van der Waals surface area (Å²) in [5.41, 5.74) is -1.03. The van der Waals surface area contributed by atoms with Crippen molar-refractivity contribution in [3.63, 3.8) is 0 Å². The lowest BCUT2D eigenvalue weighted by Gasteiger charge is -2.22. The molecule has 1 N–H and O–H groups in total. The van der Waals surface area contributed by atoms with E-state index in [-0.39, 0.29) is 12.8 Å². The van der Waals surface area contributed by atoms with Crippen LogP contribution in [0.4, 0.5) is 18.9 Å². The Labute approximate surface area is 105 Å². The van der Waals surface area contributed by atoms with Crippen molar-refractivity contribution in [1.29, 1.82) is 5.26 Å². The number of rotatable bonds is 2. The van der Waals surface area contributed by atoms with Crippen LogP contribution in [0.3, 0.4) is 0 Å². The minimum atomic E-state index is -4.25. The third kappa shape index (κ3) is 2.25. The molecule has 2 nitrogen and oxygen atoms in total. The molecule has 90 valence electrons. The fraction of sp³-hybridized carbons (Fsp3) is 0.364. The molecule has 1 fully saturated rings. The van der Waals surface area contributed by atoms with Gasteiger partial charge >= 0.3 is 6.18 Å². The number of hydrogen-bond acceptors (Lipinski definition) is 2. The van der Waals surface area contributed by atoms with Crippen molar-refractivity contribution in [2.24, 2.45) is 0 Å². The van der Waals surface area contributed by atoms with Gasteiger partial charge in [0.25, 0.3) is 0 Å². The molecular formula is C11H8BrF3N2. The molecule has 0 aromatic heterocycles. The van der Waals surface area contributed by atoms with Crippen LogP contribution in [-0.4, -0.2) is 11.7 Å². The van der Waals surface area contributed by atoms with Crippen LogP contribution in [0.2, 0.25) is 0 Å². The van der Waals surface area contributed by atoms with Gasteiger partial charge in [-0.2, -0.15) is 18.4 Å². The standard InChI is InChI=1S/C11H8BrF3N2/c12-8-5-7(6-16)1-2-9(8)17-10(3-4-10)11(13,14)15/h1-2,5,17H,3-4H2. The van der Waals surface area contributed by atoms with Gasteiger partial charge in [-0.25, -0.2) is 0 Å². The maximum absolute atomic E-state index is 12.7. The fourth-order valence-electron chi connectivity index (χ4n) is 1.55. The second-order valence-corrected chi connectivity index (χ2v) is 4.87. The molecule has 0 bridgehead atoms. The zero-order valence-corrected chi connectivity index (χ0v) is 10.2. The fourth-order valence-corrected chi connectivity index (χ4v) is 2.03. The molecule has 0 aliphatic heterocycles. The monoisotopic (exact) mass is 304 g/mol. The summed E-state index contributed by atoms with van der Waals surface area (Å²) in [7, 11) is 0. The van der Waals surface area contributed by atoms with E-state index in [1.54, 1.807) is 0 Å². The van der Waals surface area contributed by atoms with Crippen LogP contribution in [0.1, 0.15) is 18.4 Å². The SMILES string of the molecule is N#Cc1ccc(NC2(C(F)(F)F)CC2)c(Br)c1. The molecule has 0 atom stereocenters. The zero-order valence-electron chi connectivity index (χ0n) is 8.61. The van der Waals surface area contributed by atoms with Crippen molar-refractivity contribution in [1.82, 2.24) is 0 Å². The van der Waals surface area contributed by atoms with Gasteiger partial charge in [0.05, 0.1) is 11.6 Å². The predicted molar refractivity (Wildman–Crippen MR) is 60.5 cm³/mol. The molecule has 17 heavy (non-hydrogen) atoms. The van der Waals surface area contributed by atoms with Crippen LogP contribution in [-0.2, 0) is 0 Å². The molecular weight excluding hydrogens is 297 g/mol. The van der Waals surface area contributed by atoms with Gasteiger partial charge in [0.15, 0.2) is 0 Å². The van der Waals surface area contributed by atoms with Gasteiger partial charge in [0, 0.05) is 10.2 Å². The number of nitrogens with one attached hydrogen (secondary N) is 1. The highest BCUT2D eigenvalue weighted by Gasteiger charge is 2.63. The normalized spacial score (nSPS) is 17.4. The Bertz CT molecular complexity index is 486. The smallest absolute Gasteiger partial charge is 0.371 e. The highest BCUT2D eigenvalue weighted by Crippen LogP contribution is 2.51. The van der Waals surface area contributed by atoms with Crippen molar-refractivity contribution >= 4 is 21.6 Å². The van der Waals surface area contributed by atoms with Gasteiger partial charge in [-0.15, -0.1) is 0 Å². The number of anilines is 1. The van der Waals surface area contributed by atoms with E-state index in [4.69, 9.17) is 5.26 Å². The molecule has 0 amide bonds. The largest absolute Gasteiger partial charge is 0.411 e. The third-order valence-corrected chi connectivity index (χ3v) is 3.42. The predicted octanol–water partition coefficient (Wildman–Crippen LogP) is 3.83. The molecule has 0 heterocycles. The lowest BCUT2D eigenvalue weighted by molar-refractivity contribution is -0.151. The van der Waals surface area contributed by atoms with E-state index in [1.807, 2.05) is 6.07 Å². The average Bonchev–Trinajstić information content (AvgIpc) is 3.01. The Morgan fingerprint density at radius 3 is 2.41 bits per heavy atom. The van der Waals surface area contributed by atoms with Crippen molar-refractivity contribution in [2.75, 3.05) is 5.32 Å². The van der Waals surface area contributed by atoms with E-state index in [9.17, 15) is 13.2 Å². The molecule has 1 aliphatic carbocycles. The Balaban J connectivity index is 2.24. The Hall–Kier alpha value is -1.22. The quantitative estimate of drug-likeness (QED) is 0.901. The second kappa shape index (κ2) is 3.91. The van der Waals surface area contributed by atoms with Crippen LogP contribution in [0.15, 0.2) is 22.7 Å². The molecule has 1 aromatic carbocycles. The summed E-state index contributed by atoms with van der Waals surface area (Å²) < 4.78 is 38.7. The number of halogens is 4. The molecule has 0 spiro atoms. The van der Waals surface area contributed by atoms with E-state index in [1.165, 1.54) is 18.2 Å². The second-order valence-electron chi connectivity index (χ2n) is 4.01. The first kappa shape index (κ1) is 12.2. The molecule has 1 aliphatic rings. The Morgan fingerprint density at radius 1 is 1.35 bits per heavy atom. The summed E-state index contributed by atoms with van der Waals surface area (Å²) in [5.74, 6) is 0. The first-order chi connectivity index (χ1) is 7.88. The van der Waals surface area contributed by atoms with E-state index < -0.39 is 11.7 Å². The Kier molecular flexibility index (Phi) is 2.82. The topological polar surface area (TPSA) is 35.8 Å². The van der Waals surface area contributed by atoms with Gasteiger partial charge in [-0.1, -0.05) is 0 Å². The van der Waals surface area contributed by atoms with Gasteiger partial charge < -0.3 is 5.32 Å².